The van der Waals surface area contributed by atoms with Gasteiger partial charge in [-0.25, -0.2) is 8.42 Å². The Labute approximate surface area is 151 Å². The Morgan fingerprint density at radius 3 is 2.48 bits per heavy atom. The predicted molar refractivity (Wildman–Crippen MR) is 94.9 cm³/mol. The quantitative estimate of drug-likeness (QED) is 0.848. The summed E-state index contributed by atoms with van der Waals surface area (Å²) in [6, 6.07) is 7.85. The number of halogens is 1. The van der Waals surface area contributed by atoms with Crippen LogP contribution in [0.3, 0.4) is 0 Å². The number of aryl methyl sites for hydroxylation is 1. The van der Waals surface area contributed by atoms with E-state index in [4.69, 9.17) is 11.6 Å². The lowest BCUT2D eigenvalue weighted by Crippen LogP contribution is -2.41. The zero-order chi connectivity index (χ0) is 18.0. The Kier molecular flexibility index (Phi) is 5.12. The van der Waals surface area contributed by atoms with E-state index in [1.807, 2.05) is 6.92 Å². The molecule has 1 aromatic heterocycles. The Balaban J connectivity index is 1.61. The summed E-state index contributed by atoms with van der Waals surface area (Å²) < 4.78 is 26.7. The molecule has 0 spiro atoms. The van der Waals surface area contributed by atoms with Crippen LogP contribution in [-0.2, 0) is 14.8 Å². The number of rotatable bonds is 4. The summed E-state index contributed by atoms with van der Waals surface area (Å²) in [4.78, 5) is 12.5. The third-order valence-corrected chi connectivity index (χ3v) is 6.40. The molecule has 1 saturated heterocycles. The van der Waals surface area contributed by atoms with Crippen molar-refractivity contribution in [2.75, 3.05) is 18.4 Å². The van der Waals surface area contributed by atoms with E-state index in [9.17, 15) is 13.2 Å². The van der Waals surface area contributed by atoms with Gasteiger partial charge in [-0.1, -0.05) is 11.6 Å². The number of aromatic amines is 1. The summed E-state index contributed by atoms with van der Waals surface area (Å²) in [5, 5.41) is 9.99. The van der Waals surface area contributed by atoms with Crippen molar-refractivity contribution in [3.05, 3.63) is 41.0 Å². The van der Waals surface area contributed by atoms with Gasteiger partial charge < -0.3 is 5.32 Å². The van der Waals surface area contributed by atoms with E-state index >= 15 is 0 Å². The highest BCUT2D eigenvalue weighted by Gasteiger charge is 2.32. The summed E-state index contributed by atoms with van der Waals surface area (Å²) >= 11 is 5.81. The predicted octanol–water partition coefficient (Wildman–Crippen LogP) is 2.41. The molecule has 1 aliphatic heterocycles. The molecular formula is C16H19ClN4O3S. The maximum absolute atomic E-state index is 12.6. The summed E-state index contributed by atoms with van der Waals surface area (Å²) in [5.74, 6) is 0.127. The monoisotopic (exact) mass is 382 g/mol. The summed E-state index contributed by atoms with van der Waals surface area (Å²) in [6.07, 6.45) is 0.949. The number of anilines is 1. The van der Waals surface area contributed by atoms with E-state index in [0.29, 0.717) is 36.8 Å². The summed E-state index contributed by atoms with van der Waals surface area (Å²) in [6.45, 7) is 2.47. The van der Waals surface area contributed by atoms with Crippen molar-refractivity contribution in [3.8, 4) is 0 Å². The van der Waals surface area contributed by atoms with Crippen LogP contribution >= 0.6 is 11.6 Å². The van der Waals surface area contributed by atoms with Crippen molar-refractivity contribution in [2.24, 2.45) is 5.92 Å². The number of hydrogen-bond donors (Lipinski definition) is 2. The van der Waals surface area contributed by atoms with Gasteiger partial charge in [-0.15, -0.1) is 0 Å². The number of sulfonamides is 1. The van der Waals surface area contributed by atoms with Gasteiger partial charge in [-0.05, 0) is 44.0 Å². The molecule has 1 amide bonds. The Morgan fingerprint density at radius 2 is 1.92 bits per heavy atom. The molecule has 1 aliphatic rings. The Morgan fingerprint density at radius 1 is 1.28 bits per heavy atom. The van der Waals surface area contributed by atoms with E-state index in [0.717, 1.165) is 5.69 Å². The topological polar surface area (TPSA) is 95.2 Å². The molecule has 0 saturated carbocycles. The highest BCUT2D eigenvalue weighted by Crippen LogP contribution is 2.25. The largest absolute Gasteiger partial charge is 0.309 e. The zero-order valence-electron chi connectivity index (χ0n) is 13.7. The molecule has 0 radical (unpaired) electrons. The summed E-state index contributed by atoms with van der Waals surface area (Å²) in [7, 11) is -3.56. The SMILES string of the molecule is Cc1cc(NC(=O)C2CCN(S(=O)(=O)c3ccc(Cl)cc3)CC2)n[nH]1. The van der Waals surface area contributed by atoms with Crippen molar-refractivity contribution in [1.82, 2.24) is 14.5 Å². The number of benzene rings is 1. The van der Waals surface area contributed by atoms with Gasteiger partial charge in [0.2, 0.25) is 15.9 Å². The molecule has 1 fully saturated rings. The van der Waals surface area contributed by atoms with Gasteiger partial charge in [0.1, 0.15) is 0 Å². The fourth-order valence-corrected chi connectivity index (χ4v) is 4.42. The number of hydrogen-bond acceptors (Lipinski definition) is 4. The standard InChI is InChI=1S/C16H19ClN4O3S/c1-11-10-15(20-19-11)18-16(22)12-6-8-21(9-7-12)25(23,24)14-4-2-13(17)3-5-14/h2-5,10,12H,6-9H2,1H3,(H2,18,19,20,22). The van der Waals surface area contributed by atoms with Gasteiger partial charge in [0, 0.05) is 35.8 Å². The molecule has 0 unspecified atom stereocenters. The lowest BCUT2D eigenvalue weighted by atomic mass is 9.97. The summed E-state index contributed by atoms with van der Waals surface area (Å²) in [5.41, 5.74) is 0.860. The Hall–Kier alpha value is -1.90. The minimum absolute atomic E-state index is 0.130. The normalized spacial score (nSPS) is 16.7. The van der Waals surface area contributed by atoms with Crippen molar-refractivity contribution >= 4 is 33.3 Å². The molecule has 2 N–H and O–H groups in total. The van der Waals surface area contributed by atoms with E-state index in [1.165, 1.54) is 16.4 Å². The van der Waals surface area contributed by atoms with E-state index in [2.05, 4.69) is 15.5 Å². The number of piperidine rings is 1. The molecule has 1 aromatic carbocycles. The van der Waals surface area contributed by atoms with Crippen molar-refractivity contribution in [2.45, 2.75) is 24.7 Å². The fourth-order valence-electron chi connectivity index (χ4n) is 2.82. The molecule has 9 heteroatoms. The van der Waals surface area contributed by atoms with Crippen LogP contribution in [0.25, 0.3) is 0 Å². The molecule has 0 aliphatic carbocycles. The number of carbonyl (C=O) groups is 1. The maximum atomic E-state index is 12.6. The lowest BCUT2D eigenvalue weighted by Gasteiger charge is -2.30. The number of H-pyrrole nitrogens is 1. The third kappa shape index (κ3) is 4.02. The van der Waals surface area contributed by atoms with Crippen LogP contribution in [0.4, 0.5) is 5.82 Å². The van der Waals surface area contributed by atoms with Crippen LogP contribution in [0.15, 0.2) is 35.2 Å². The van der Waals surface area contributed by atoms with Crippen LogP contribution in [0.2, 0.25) is 5.02 Å². The molecule has 3 rings (SSSR count). The third-order valence-electron chi connectivity index (χ3n) is 4.23. The minimum atomic E-state index is -3.56. The minimum Gasteiger partial charge on any atom is -0.309 e. The van der Waals surface area contributed by atoms with Gasteiger partial charge in [0.15, 0.2) is 5.82 Å². The fraction of sp³-hybridized carbons (Fsp3) is 0.375. The van der Waals surface area contributed by atoms with Crippen molar-refractivity contribution < 1.29 is 13.2 Å². The lowest BCUT2D eigenvalue weighted by molar-refractivity contribution is -0.120. The molecule has 25 heavy (non-hydrogen) atoms. The highest BCUT2D eigenvalue weighted by molar-refractivity contribution is 7.89. The van der Waals surface area contributed by atoms with Gasteiger partial charge in [0.25, 0.3) is 0 Å². The Bertz CT molecular complexity index is 856. The second-order valence-electron chi connectivity index (χ2n) is 6.06. The molecule has 134 valence electrons. The van der Waals surface area contributed by atoms with Crippen LogP contribution in [0.1, 0.15) is 18.5 Å². The molecule has 2 aromatic rings. The molecule has 2 heterocycles. The van der Waals surface area contributed by atoms with E-state index in [-0.39, 0.29) is 16.7 Å². The number of nitrogens with one attached hydrogen (secondary N) is 2. The molecular weight excluding hydrogens is 364 g/mol. The maximum Gasteiger partial charge on any atom is 0.243 e. The first-order valence-corrected chi connectivity index (χ1v) is 9.76. The second kappa shape index (κ2) is 7.15. The number of amides is 1. The average Bonchev–Trinajstić information content (AvgIpc) is 3.00. The van der Waals surface area contributed by atoms with E-state index < -0.39 is 10.0 Å². The van der Waals surface area contributed by atoms with E-state index in [1.54, 1.807) is 18.2 Å². The van der Waals surface area contributed by atoms with Crippen molar-refractivity contribution in [3.63, 3.8) is 0 Å². The van der Waals surface area contributed by atoms with Gasteiger partial charge in [-0.3, -0.25) is 9.89 Å². The van der Waals surface area contributed by atoms with Crippen LogP contribution in [0, 0.1) is 12.8 Å². The number of carbonyl (C=O) groups excluding carboxylic acids is 1. The van der Waals surface area contributed by atoms with Crippen molar-refractivity contribution in [1.29, 1.82) is 0 Å². The molecule has 0 bridgehead atoms. The van der Waals surface area contributed by atoms with Crippen LogP contribution < -0.4 is 5.32 Å². The smallest absolute Gasteiger partial charge is 0.243 e. The number of aromatic nitrogens is 2. The average molecular weight is 383 g/mol. The van der Waals surface area contributed by atoms with Crippen LogP contribution in [0.5, 0.6) is 0 Å². The highest BCUT2D eigenvalue weighted by atomic mass is 35.5. The zero-order valence-corrected chi connectivity index (χ0v) is 15.3. The first-order valence-electron chi connectivity index (χ1n) is 7.95. The first kappa shape index (κ1) is 17.9. The van der Waals surface area contributed by atoms with Gasteiger partial charge >= 0.3 is 0 Å². The van der Waals surface area contributed by atoms with Gasteiger partial charge in [0.05, 0.1) is 4.90 Å². The second-order valence-corrected chi connectivity index (χ2v) is 8.43. The van der Waals surface area contributed by atoms with Crippen LogP contribution in [-0.4, -0.2) is 41.9 Å². The number of nitrogens with zero attached hydrogens (tertiary/aromatic N) is 2. The molecule has 0 atom stereocenters. The molecule has 7 nitrogen and oxygen atoms in total. The first-order chi connectivity index (χ1) is 11.9. The van der Waals surface area contributed by atoms with Gasteiger partial charge in [-0.2, -0.15) is 9.40 Å².